The second kappa shape index (κ2) is 9.96. The monoisotopic (exact) mass is 396 g/mol. The molecule has 28 heavy (non-hydrogen) atoms. The summed E-state index contributed by atoms with van der Waals surface area (Å²) in [6.07, 6.45) is 1.04. The maximum atomic E-state index is 11.9. The van der Waals surface area contributed by atoms with Gasteiger partial charge >= 0.3 is 0 Å². The van der Waals surface area contributed by atoms with E-state index in [0.717, 1.165) is 17.9 Å². The maximum Gasteiger partial charge on any atom is 0.298 e. The standard InChI is InChI=1S/C21H24N4O2S/c1-25(2)13-12-22-20(26)15-17-8-10-18(11-9-17)27-21-23-19(24-28-21)14-16-6-4-3-5-7-16/h3-11H,12-15H2,1-2H3,(H,22,26). The van der Waals surface area contributed by atoms with E-state index in [2.05, 4.69) is 26.8 Å². The highest BCUT2D eigenvalue weighted by Gasteiger charge is 2.08. The molecule has 0 atom stereocenters. The summed E-state index contributed by atoms with van der Waals surface area (Å²) in [5, 5.41) is 3.43. The van der Waals surface area contributed by atoms with Gasteiger partial charge in [-0.3, -0.25) is 4.79 Å². The normalized spacial score (nSPS) is 10.8. The second-order valence-corrected chi connectivity index (χ2v) is 7.43. The molecule has 1 aromatic heterocycles. The molecule has 0 bridgehead atoms. The Morgan fingerprint density at radius 1 is 1.07 bits per heavy atom. The summed E-state index contributed by atoms with van der Waals surface area (Å²) in [6.45, 7) is 1.47. The lowest BCUT2D eigenvalue weighted by molar-refractivity contribution is -0.120. The Morgan fingerprint density at radius 3 is 2.54 bits per heavy atom. The number of rotatable bonds is 9. The molecule has 0 saturated heterocycles. The summed E-state index contributed by atoms with van der Waals surface area (Å²) >= 11 is 1.24. The van der Waals surface area contributed by atoms with Crippen LogP contribution in [0.1, 0.15) is 17.0 Å². The van der Waals surface area contributed by atoms with Crippen LogP contribution in [0.5, 0.6) is 10.9 Å². The number of nitrogens with one attached hydrogen (secondary N) is 1. The molecular formula is C21H24N4O2S. The molecule has 7 heteroatoms. The third-order valence-corrected chi connectivity index (χ3v) is 4.66. The molecule has 0 aliphatic rings. The molecule has 0 spiro atoms. The van der Waals surface area contributed by atoms with Gasteiger partial charge < -0.3 is 15.0 Å². The molecule has 6 nitrogen and oxygen atoms in total. The zero-order chi connectivity index (χ0) is 19.8. The van der Waals surface area contributed by atoms with Crippen molar-refractivity contribution >= 4 is 17.4 Å². The number of hydrogen-bond acceptors (Lipinski definition) is 6. The number of likely N-dealkylation sites (N-methyl/N-ethyl adjacent to an activating group) is 1. The summed E-state index contributed by atoms with van der Waals surface area (Å²) in [5.74, 6) is 1.45. The molecule has 0 unspecified atom stereocenters. The molecule has 1 N–H and O–H groups in total. The largest absolute Gasteiger partial charge is 0.430 e. The fraction of sp³-hybridized carbons (Fsp3) is 0.286. The molecule has 0 saturated carbocycles. The third kappa shape index (κ3) is 6.44. The first-order valence-corrected chi connectivity index (χ1v) is 9.90. The number of aromatic nitrogens is 2. The number of carbonyl (C=O) groups is 1. The fourth-order valence-electron chi connectivity index (χ4n) is 2.57. The Kier molecular flexibility index (Phi) is 7.11. The maximum absolute atomic E-state index is 11.9. The van der Waals surface area contributed by atoms with Crippen LogP contribution in [-0.4, -0.2) is 47.3 Å². The first-order chi connectivity index (χ1) is 13.6. The van der Waals surface area contributed by atoms with Gasteiger partial charge in [0.25, 0.3) is 5.19 Å². The molecule has 2 aromatic carbocycles. The van der Waals surface area contributed by atoms with Crippen molar-refractivity contribution in [2.24, 2.45) is 0 Å². The Hall–Kier alpha value is -2.77. The highest BCUT2D eigenvalue weighted by molar-refractivity contribution is 7.07. The van der Waals surface area contributed by atoms with Crippen molar-refractivity contribution in [1.29, 1.82) is 0 Å². The van der Waals surface area contributed by atoms with Gasteiger partial charge in [0.2, 0.25) is 5.91 Å². The van der Waals surface area contributed by atoms with Crippen molar-refractivity contribution in [3.63, 3.8) is 0 Å². The van der Waals surface area contributed by atoms with Crippen molar-refractivity contribution < 1.29 is 9.53 Å². The molecule has 0 aliphatic heterocycles. The Balaban J connectivity index is 1.50. The van der Waals surface area contributed by atoms with Gasteiger partial charge in [-0.25, -0.2) is 0 Å². The number of amides is 1. The predicted octanol–water partition coefficient (Wildman–Crippen LogP) is 3.14. The molecular weight excluding hydrogens is 372 g/mol. The summed E-state index contributed by atoms with van der Waals surface area (Å²) in [7, 11) is 3.96. The van der Waals surface area contributed by atoms with E-state index in [-0.39, 0.29) is 5.91 Å². The van der Waals surface area contributed by atoms with Gasteiger partial charge in [0.05, 0.1) is 6.42 Å². The topological polar surface area (TPSA) is 67.4 Å². The van der Waals surface area contributed by atoms with Gasteiger partial charge in [0, 0.05) is 31.0 Å². The van der Waals surface area contributed by atoms with Gasteiger partial charge in [-0.2, -0.15) is 9.36 Å². The van der Waals surface area contributed by atoms with E-state index < -0.39 is 0 Å². The van der Waals surface area contributed by atoms with Gasteiger partial charge in [-0.05, 0) is 37.4 Å². The predicted molar refractivity (Wildman–Crippen MR) is 111 cm³/mol. The van der Waals surface area contributed by atoms with E-state index in [1.54, 1.807) is 0 Å². The van der Waals surface area contributed by atoms with Gasteiger partial charge in [-0.1, -0.05) is 42.5 Å². The van der Waals surface area contributed by atoms with Crippen molar-refractivity contribution in [2.75, 3.05) is 27.2 Å². The smallest absolute Gasteiger partial charge is 0.298 e. The van der Waals surface area contributed by atoms with Gasteiger partial charge in [-0.15, -0.1) is 0 Å². The number of carbonyl (C=O) groups excluding carboxylic acids is 1. The second-order valence-electron chi connectivity index (χ2n) is 6.71. The first-order valence-electron chi connectivity index (χ1n) is 9.13. The van der Waals surface area contributed by atoms with Crippen molar-refractivity contribution in [2.45, 2.75) is 12.8 Å². The lowest BCUT2D eigenvalue weighted by Gasteiger charge is -2.10. The van der Waals surface area contributed by atoms with E-state index in [1.165, 1.54) is 17.1 Å². The summed E-state index contributed by atoms with van der Waals surface area (Å²) in [5.41, 5.74) is 2.11. The quantitative estimate of drug-likeness (QED) is 0.602. The van der Waals surface area contributed by atoms with E-state index in [1.807, 2.05) is 61.5 Å². The van der Waals surface area contributed by atoms with Crippen LogP contribution in [0.2, 0.25) is 0 Å². The van der Waals surface area contributed by atoms with E-state index in [4.69, 9.17) is 4.74 Å². The van der Waals surface area contributed by atoms with Crippen molar-refractivity contribution in [1.82, 2.24) is 19.6 Å². The highest BCUT2D eigenvalue weighted by atomic mass is 32.1. The third-order valence-electron chi connectivity index (χ3n) is 4.03. The van der Waals surface area contributed by atoms with Gasteiger partial charge in [0.15, 0.2) is 5.82 Å². The Labute approximate surface area is 169 Å². The van der Waals surface area contributed by atoms with Crippen LogP contribution in [0.15, 0.2) is 54.6 Å². The first kappa shape index (κ1) is 20.0. The number of benzene rings is 2. The summed E-state index contributed by atoms with van der Waals surface area (Å²) in [4.78, 5) is 18.4. The molecule has 0 fully saturated rings. The van der Waals surface area contributed by atoms with E-state index >= 15 is 0 Å². The molecule has 0 radical (unpaired) electrons. The Morgan fingerprint density at radius 2 is 1.82 bits per heavy atom. The Bertz CT molecular complexity index is 879. The number of ether oxygens (including phenoxy) is 1. The average molecular weight is 397 g/mol. The highest BCUT2D eigenvalue weighted by Crippen LogP contribution is 2.24. The summed E-state index contributed by atoms with van der Waals surface area (Å²) < 4.78 is 10.1. The minimum Gasteiger partial charge on any atom is -0.430 e. The zero-order valence-corrected chi connectivity index (χ0v) is 16.9. The van der Waals surface area contributed by atoms with Crippen LogP contribution in [0, 0.1) is 0 Å². The molecule has 3 rings (SSSR count). The molecule has 1 amide bonds. The van der Waals surface area contributed by atoms with Crippen LogP contribution >= 0.6 is 11.5 Å². The molecule has 0 aliphatic carbocycles. The zero-order valence-electron chi connectivity index (χ0n) is 16.1. The van der Waals surface area contributed by atoms with Gasteiger partial charge in [0.1, 0.15) is 5.75 Å². The molecule has 146 valence electrons. The lowest BCUT2D eigenvalue weighted by Crippen LogP contribution is -2.32. The molecule has 1 heterocycles. The number of nitrogens with zero attached hydrogens (tertiary/aromatic N) is 3. The molecule has 3 aromatic rings. The van der Waals surface area contributed by atoms with Crippen LogP contribution in [0.4, 0.5) is 0 Å². The average Bonchev–Trinajstić information content (AvgIpc) is 3.10. The minimum atomic E-state index is 0.0187. The van der Waals surface area contributed by atoms with E-state index in [0.29, 0.717) is 30.3 Å². The number of hydrogen-bond donors (Lipinski definition) is 1. The van der Waals surface area contributed by atoms with Crippen LogP contribution < -0.4 is 10.1 Å². The minimum absolute atomic E-state index is 0.0187. The lowest BCUT2D eigenvalue weighted by atomic mass is 10.1. The van der Waals surface area contributed by atoms with Crippen LogP contribution in [-0.2, 0) is 17.6 Å². The van der Waals surface area contributed by atoms with Crippen LogP contribution in [0.3, 0.4) is 0 Å². The summed E-state index contributed by atoms with van der Waals surface area (Å²) in [6, 6.07) is 17.6. The van der Waals surface area contributed by atoms with Crippen LogP contribution in [0.25, 0.3) is 0 Å². The fourth-order valence-corrected chi connectivity index (χ4v) is 3.14. The SMILES string of the molecule is CN(C)CCNC(=O)Cc1ccc(Oc2nc(Cc3ccccc3)ns2)cc1. The van der Waals surface area contributed by atoms with E-state index in [9.17, 15) is 4.79 Å². The van der Waals surface area contributed by atoms with Crippen molar-refractivity contribution in [3.05, 3.63) is 71.5 Å². The van der Waals surface area contributed by atoms with Crippen molar-refractivity contribution in [3.8, 4) is 10.9 Å².